The average molecular weight is 533 g/mol. The summed E-state index contributed by atoms with van der Waals surface area (Å²) in [6, 6.07) is 12.5. The van der Waals surface area contributed by atoms with E-state index in [4.69, 9.17) is 17.0 Å². The van der Waals surface area contributed by atoms with Gasteiger partial charge in [0.05, 0.1) is 23.4 Å². The number of anilines is 1. The number of amides is 2. The summed E-state index contributed by atoms with van der Waals surface area (Å²) in [5.41, 5.74) is 1.49. The van der Waals surface area contributed by atoms with Gasteiger partial charge in [0.25, 0.3) is 11.8 Å². The van der Waals surface area contributed by atoms with Gasteiger partial charge in [-0.15, -0.1) is 0 Å². The monoisotopic (exact) mass is 531 g/mol. The number of halogens is 1. The molecule has 1 heterocycles. The van der Waals surface area contributed by atoms with Crippen LogP contribution >= 0.6 is 28.1 Å². The molecular formula is C25H30BrN3O3S. The fraction of sp³-hybridized carbons (Fsp3) is 0.400. The number of thiocarbonyl (C=S) groups is 1. The number of benzene rings is 2. The molecule has 0 bridgehead atoms. The van der Waals surface area contributed by atoms with Gasteiger partial charge in [0.1, 0.15) is 5.75 Å². The second-order valence-corrected chi connectivity index (χ2v) is 9.80. The van der Waals surface area contributed by atoms with Gasteiger partial charge < -0.3 is 15.0 Å². The third kappa shape index (κ3) is 7.27. The Morgan fingerprint density at radius 3 is 2.55 bits per heavy atom. The van der Waals surface area contributed by atoms with Gasteiger partial charge in [-0.25, -0.2) is 0 Å². The molecule has 0 spiro atoms. The average Bonchev–Trinajstić information content (AvgIpc) is 2.80. The summed E-state index contributed by atoms with van der Waals surface area (Å²) in [5, 5.41) is 5.85. The van der Waals surface area contributed by atoms with Gasteiger partial charge in [-0.1, -0.05) is 41.9 Å². The molecule has 1 fully saturated rings. The van der Waals surface area contributed by atoms with Gasteiger partial charge in [-0.3, -0.25) is 14.9 Å². The Labute approximate surface area is 209 Å². The molecule has 0 unspecified atom stereocenters. The molecule has 2 N–H and O–H groups in total. The molecule has 1 saturated heterocycles. The Bertz CT molecular complexity index is 1010. The first-order valence-corrected chi connectivity index (χ1v) is 12.5. The minimum Gasteiger partial charge on any atom is -0.493 e. The number of likely N-dealkylation sites (tertiary alicyclic amines) is 1. The highest BCUT2D eigenvalue weighted by Gasteiger charge is 2.21. The fourth-order valence-electron chi connectivity index (χ4n) is 3.58. The summed E-state index contributed by atoms with van der Waals surface area (Å²) in [6.45, 7) is 6.29. The second kappa shape index (κ2) is 12.1. The standard InChI is InChI=1S/C25H30BrN3O3S/c1-17(2)12-15-32-22-11-10-18(26)16-20(22)23(30)28-25(33)27-21-9-5-4-8-19(21)24(31)29-13-6-3-7-14-29/h4-5,8-11,16-17H,3,6-7,12-15H2,1-2H3,(H2,27,28,30,33). The minimum absolute atomic E-state index is 0.0280. The zero-order chi connectivity index (χ0) is 23.8. The highest BCUT2D eigenvalue weighted by Crippen LogP contribution is 2.24. The van der Waals surface area contributed by atoms with Crippen LogP contribution in [-0.2, 0) is 0 Å². The molecule has 2 aromatic carbocycles. The summed E-state index contributed by atoms with van der Waals surface area (Å²) in [7, 11) is 0. The van der Waals surface area contributed by atoms with E-state index in [-0.39, 0.29) is 16.9 Å². The van der Waals surface area contributed by atoms with E-state index in [1.807, 2.05) is 23.1 Å². The van der Waals surface area contributed by atoms with E-state index in [1.165, 1.54) is 0 Å². The molecule has 33 heavy (non-hydrogen) atoms. The maximum absolute atomic E-state index is 13.0. The lowest BCUT2D eigenvalue weighted by Gasteiger charge is -2.27. The second-order valence-electron chi connectivity index (χ2n) is 8.48. The smallest absolute Gasteiger partial charge is 0.261 e. The molecule has 176 valence electrons. The van der Waals surface area contributed by atoms with Crippen LogP contribution in [0.15, 0.2) is 46.9 Å². The van der Waals surface area contributed by atoms with Crippen molar-refractivity contribution in [2.75, 3.05) is 25.0 Å². The zero-order valence-electron chi connectivity index (χ0n) is 19.0. The molecule has 0 saturated carbocycles. The summed E-state index contributed by atoms with van der Waals surface area (Å²) >= 11 is 8.81. The van der Waals surface area contributed by atoms with Crippen LogP contribution < -0.4 is 15.4 Å². The van der Waals surface area contributed by atoms with E-state index in [9.17, 15) is 9.59 Å². The number of nitrogens with zero attached hydrogens (tertiary/aromatic N) is 1. The van der Waals surface area contributed by atoms with Crippen molar-refractivity contribution in [1.82, 2.24) is 10.2 Å². The Hall–Kier alpha value is -2.45. The van der Waals surface area contributed by atoms with Crippen molar-refractivity contribution in [2.45, 2.75) is 39.5 Å². The lowest BCUT2D eigenvalue weighted by molar-refractivity contribution is 0.0725. The summed E-state index contributed by atoms with van der Waals surface area (Å²) in [5.74, 6) is 0.593. The van der Waals surface area contributed by atoms with Gasteiger partial charge in [0.15, 0.2) is 5.11 Å². The Balaban J connectivity index is 1.69. The van der Waals surface area contributed by atoms with Gasteiger partial charge in [0, 0.05) is 17.6 Å². The van der Waals surface area contributed by atoms with Crippen LogP contribution in [-0.4, -0.2) is 41.5 Å². The maximum atomic E-state index is 13.0. The Morgan fingerprint density at radius 1 is 1.09 bits per heavy atom. The van der Waals surface area contributed by atoms with Crippen LogP contribution in [0.25, 0.3) is 0 Å². The first-order valence-electron chi connectivity index (χ1n) is 11.3. The van der Waals surface area contributed by atoms with Gasteiger partial charge in [-0.05, 0) is 74.2 Å². The molecule has 0 aliphatic carbocycles. The quantitative estimate of drug-likeness (QED) is 0.453. The van der Waals surface area contributed by atoms with Crippen molar-refractivity contribution in [1.29, 1.82) is 0 Å². The zero-order valence-corrected chi connectivity index (χ0v) is 21.4. The number of carbonyl (C=O) groups is 2. The number of hydrogen-bond donors (Lipinski definition) is 2. The predicted molar refractivity (Wildman–Crippen MR) is 139 cm³/mol. The van der Waals surface area contributed by atoms with E-state index in [0.717, 1.165) is 43.2 Å². The van der Waals surface area contributed by atoms with E-state index in [1.54, 1.807) is 24.3 Å². The molecule has 6 nitrogen and oxygen atoms in total. The van der Waals surface area contributed by atoms with E-state index in [2.05, 4.69) is 40.4 Å². The van der Waals surface area contributed by atoms with Gasteiger partial charge in [0.2, 0.25) is 0 Å². The van der Waals surface area contributed by atoms with Crippen LogP contribution in [0.2, 0.25) is 0 Å². The summed E-state index contributed by atoms with van der Waals surface area (Å²) in [4.78, 5) is 27.8. The largest absolute Gasteiger partial charge is 0.493 e. The maximum Gasteiger partial charge on any atom is 0.261 e. The first-order chi connectivity index (χ1) is 15.8. The van der Waals surface area contributed by atoms with E-state index >= 15 is 0 Å². The van der Waals surface area contributed by atoms with Crippen molar-refractivity contribution >= 4 is 50.8 Å². The third-order valence-electron chi connectivity index (χ3n) is 5.42. The molecular weight excluding hydrogens is 502 g/mol. The van der Waals surface area contributed by atoms with Gasteiger partial charge >= 0.3 is 0 Å². The Kier molecular flexibility index (Phi) is 9.26. The van der Waals surface area contributed by atoms with E-state index in [0.29, 0.717) is 35.1 Å². The van der Waals surface area contributed by atoms with Crippen molar-refractivity contribution < 1.29 is 14.3 Å². The molecule has 1 aliphatic heterocycles. The van der Waals surface area contributed by atoms with Crippen LogP contribution in [0.4, 0.5) is 5.69 Å². The molecule has 2 aromatic rings. The number of piperidine rings is 1. The van der Waals surface area contributed by atoms with Crippen LogP contribution in [0, 0.1) is 5.92 Å². The number of rotatable bonds is 7. The molecule has 8 heteroatoms. The molecule has 2 amide bonds. The number of hydrogen-bond acceptors (Lipinski definition) is 4. The van der Waals surface area contributed by atoms with Gasteiger partial charge in [-0.2, -0.15) is 0 Å². The molecule has 3 rings (SSSR count). The van der Waals surface area contributed by atoms with Crippen molar-refractivity contribution in [2.24, 2.45) is 5.92 Å². The Morgan fingerprint density at radius 2 is 1.82 bits per heavy atom. The number of para-hydroxylation sites is 1. The van der Waals surface area contributed by atoms with Crippen molar-refractivity contribution in [3.63, 3.8) is 0 Å². The molecule has 0 atom stereocenters. The first kappa shape index (κ1) is 25.2. The normalized spacial score (nSPS) is 13.5. The highest BCUT2D eigenvalue weighted by molar-refractivity contribution is 9.10. The number of carbonyl (C=O) groups excluding carboxylic acids is 2. The summed E-state index contributed by atoms with van der Waals surface area (Å²) in [6.07, 6.45) is 4.07. The number of nitrogens with one attached hydrogen (secondary N) is 2. The topological polar surface area (TPSA) is 70.7 Å². The predicted octanol–water partition coefficient (Wildman–Crippen LogP) is 5.63. The minimum atomic E-state index is -0.381. The fourth-order valence-corrected chi connectivity index (χ4v) is 4.14. The molecule has 1 aliphatic rings. The lowest BCUT2D eigenvalue weighted by Crippen LogP contribution is -2.37. The van der Waals surface area contributed by atoms with Crippen LogP contribution in [0.3, 0.4) is 0 Å². The van der Waals surface area contributed by atoms with E-state index < -0.39 is 0 Å². The third-order valence-corrected chi connectivity index (χ3v) is 6.11. The lowest BCUT2D eigenvalue weighted by atomic mass is 10.1. The van der Waals surface area contributed by atoms with Crippen molar-refractivity contribution in [3.05, 3.63) is 58.1 Å². The van der Waals surface area contributed by atoms with Crippen LogP contribution in [0.5, 0.6) is 5.75 Å². The van der Waals surface area contributed by atoms with Crippen molar-refractivity contribution in [3.8, 4) is 5.75 Å². The number of ether oxygens (including phenoxy) is 1. The molecule has 0 aromatic heterocycles. The van der Waals surface area contributed by atoms with Crippen LogP contribution in [0.1, 0.15) is 60.2 Å². The SMILES string of the molecule is CC(C)CCOc1ccc(Br)cc1C(=O)NC(=S)Nc1ccccc1C(=O)N1CCCCC1. The molecule has 0 radical (unpaired) electrons. The highest BCUT2D eigenvalue weighted by atomic mass is 79.9. The summed E-state index contributed by atoms with van der Waals surface area (Å²) < 4.78 is 6.61.